The molecule has 0 aliphatic heterocycles. The Balaban J connectivity index is 0. The second-order valence-corrected chi connectivity index (χ2v) is 9.32. The van der Waals surface area contributed by atoms with Gasteiger partial charge in [-0.2, -0.15) is 0 Å². The van der Waals surface area contributed by atoms with Gasteiger partial charge in [0.15, 0.2) is 0 Å². The van der Waals surface area contributed by atoms with Crippen LogP contribution in [-0.4, -0.2) is 0 Å². The molecule has 0 N–H and O–H groups in total. The second kappa shape index (κ2) is 6.05. The van der Waals surface area contributed by atoms with E-state index < -0.39 is 14.2 Å². The first-order valence-corrected chi connectivity index (χ1v) is 8.22. The summed E-state index contributed by atoms with van der Waals surface area (Å²) in [6.07, 6.45) is 0. The smallest absolute Gasteiger partial charge is 0 e. The summed E-state index contributed by atoms with van der Waals surface area (Å²) in [4.78, 5) is 0. The van der Waals surface area contributed by atoms with Crippen molar-refractivity contribution in [1.82, 2.24) is 0 Å². The minimum atomic E-state index is -1.94. The van der Waals surface area contributed by atoms with Gasteiger partial charge in [-0.25, -0.2) is 0 Å². The molecule has 0 saturated carbocycles. The van der Waals surface area contributed by atoms with Gasteiger partial charge in [-0.3, -0.25) is 0 Å². The van der Waals surface area contributed by atoms with Crippen LogP contribution in [0.25, 0.3) is 0 Å². The predicted octanol–water partition coefficient (Wildman–Crippen LogP) is 2.06. The molecule has 0 amide bonds. The standard InChI is InChI=1S/3ClH.Mo.Ni/h3*1H;;/q;;;+3;/p-3. The van der Waals surface area contributed by atoms with Crippen molar-refractivity contribution in [1.29, 1.82) is 0 Å². The Morgan fingerprint density at radius 2 is 1.00 bits per heavy atom. The summed E-state index contributed by atoms with van der Waals surface area (Å²) in [6, 6.07) is 0. The van der Waals surface area contributed by atoms with E-state index in [0.29, 0.717) is 0 Å². The molecule has 5 heteroatoms. The van der Waals surface area contributed by atoms with Crippen LogP contribution >= 0.6 is 28.3 Å². The van der Waals surface area contributed by atoms with E-state index in [1.807, 2.05) is 0 Å². The summed E-state index contributed by atoms with van der Waals surface area (Å²) in [7, 11) is 14.9. The summed E-state index contributed by atoms with van der Waals surface area (Å²) in [5, 5.41) is 0. The second-order valence-electron chi connectivity index (χ2n) is 0.175. The van der Waals surface area contributed by atoms with Crippen molar-refractivity contribution < 1.29 is 30.7 Å². The Morgan fingerprint density at radius 1 is 1.00 bits per heavy atom. The third-order valence-electron chi connectivity index (χ3n) is 0. The topological polar surface area (TPSA) is 0 Å². The molecule has 37 valence electrons. The van der Waals surface area contributed by atoms with E-state index in [-0.39, 0.29) is 16.5 Å². The van der Waals surface area contributed by atoms with Gasteiger partial charge in [-0.05, 0) is 0 Å². The van der Waals surface area contributed by atoms with Gasteiger partial charge in [0.05, 0.1) is 0 Å². The molecule has 0 aromatic carbocycles. The average Bonchev–Trinajstić information content (AvgIpc) is 0.811. The van der Waals surface area contributed by atoms with Crippen LogP contribution in [0.2, 0.25) is 0 Å². The monoisotopic (exact) mass is 261 g/mol. The molecule has 0 unspecified atom stereocenters. The predicted molar refractivity (Wildman–Crippen MR) is 17.6 cm³/mol. The van der Waals surface area contributed by atoms with E-state index >= 15 is 0 Å². The zero-order chi connectivity index (χ0) is 3.58. The number of hydrogen-bond acceptors (Lipinski definition) is 0. The molecule has 5 heavy (non-hydrogen) atoms. The Kier molecular flexibility index (Phi) is 12.2. The maximum Gasteiger partial charge on any atom is 0 e. The molecule has 0 aromatic heterocycles. The summed E-state index contributed by atoms with van der Waals surface area (Å²) < 4.78 is 0. The molecule has 0 heterocycles. The van der Waals surface area contributed by atoms with Crippen LogP contribution in [0.3, 0.4) is 0 Å². The Bertz CT molecular complexity index is 11.6. The molecule has 0 aromatic rings. The van der Waals surface area contributed by atoms with Crippen molar-refractivity contribution >= 4 is 28.3 Å². The Hall–Kier alpha value is 2.05. The molecule has 0 saturated heterocycles. The SMILES string of the molecule is [Cl][Mo]([Cl])[Cl].[Ni]. The Morgan fingerprint density at radius 3 is 1.00 bits per heavy atom. The van der Waals surface area contributed by atoms with Gasteiger partial charge in [0, 0.05) is 16.5 Å². The fraction of sp³-hybridized carbons (Fsp3) is 0. The van der Waals surface area contributed by atoms with E-state index in [0.717, 1.165) is 0 Å². The third kappa shape index (κ3) is 23.6. The van der Waals surface area contributed by atoms with Gasteiger partial charge >= 0.3 is 42.4 Å². The number of rotatable bonds is 0. The van der Waals surface area contributed by atoms with Crippen LogP contribution in [0.5, 0.6) is 0 Å². The van der Waals surface area contributed by atoms with Gasteiger partial charge in [0.2, 0.25) is 0 Å². The first kappa shape index (κ1) is 10.1. The van der Waals surface area contributed by atoms with Crippen LogP contribution < -0.4 is 0 Å². The molecule has 0 aliphatic rings. The van der Waals surface area contributed by atoms with Gasteiger partial charge in [0.1, 0.15) is 0 Å². The molecule has 0 nitrogen and oxygen atoms in total. The van der Waals surface area contributed by atoms with Crippen molar-refractivity contribution in [2.24, 2.45) is 0 Å². The van der Waals surface area contributed by atoms with Gasteiger partial charge < -0.3 is 0 Å². The third-order valence-corrected chi connectivity index (χ3v) is 0. The fourth-order valence-corrected chi connectivity index (χ4v) is 0. The molecule has 0 radical (unpaired) electrons. The molecule has 0 fully saturated rings. The van der Waals surface area contributed by atoms with E-state index in [9.17, 15) is 0 Å². The minimum Gasteiger partial charge on any atom is 0 e. The fourth-order valence-electron chi connectivity index (χ4n) is 0. The molecule has 0 spiro atoms. The summed E-state index contributed by atoms with van der Waals surface area (Å²) in [6.45, 7) is 0. The molecule has 0 atom stereocenters. The van der Waals surface area contributed by atoms with E-state index in [1.165, 1.54) is 0 Å². The van der Waals surface area contributed by atoms with Crippen LogP contribution in [0.15, 0.2) is 0 Å². The summed E-state index contributed by atoms with van der Waals surface area (Å²) in [5.41, 5.74) is 0. The van der Waals surface area contributed by atoms with E-state index in [1.54, 1.807) is 0 Å². The molecule has 0 aliphatic carbocycles. The number of hydrogen-bond donors (Lipinski definition) is 0. The maximum atomic E-state index is 4.98. The quantitative estimate of drug-likeness (QED) is 0.585. The normalized spacial score (nSPS) is 7.20. The largest absolute Gasteiger partial charge is 0 e. The first-order valence-electron chi connectivity index (χ1n) is 0.463. The zero-order valence-electron chi connectivity index (χ0n) is 1.86. The zero-order valence-corrected chi connectivity index (χ0v) is 7.12. The van der Waals surface area contributed by atoms with E-state index in [2.05, 4.69) is 0 Å². The molecular formula is Cl3MoNi. The van der Waals surface area contributed by atoms with Crippen molar-refractivity contribution in [2.45, 2.75) is 0 Å². The van der Waals surface area contributed by atoms with Gasteiger partial charge in [0.25, 0.3) is 0 Å². The molecule has 0 bridgehead atoms. The average molecular weight is 261 g/mol. The Labute approximate surface area is 58.4 Å². The van der Waals surface area contributed by atoms with Crippen molar-refractivity contribution in [3.8, 4) is 0 Å². The van der Waals surface area contributed by atoms with E-state index in [4.69, 9.17) is 28.3 Å². The van der Waals surface area contributed by atoms with Crippen LogP contribution in [0, 0.1) is 0 Å². The van der Waals surface area contributed by atoms with Crippen molar-refractivity contribution in [3.05, 3.63) is 0 Å². The van der Waals surface area contributed by atoms with Crippen molar-refractivity contribution in [2.75, 3.05) is 0 Å². The van der Waals surface area contributed by atoms with Crippen molar-refractivity contribution in [3.63, 3.8) is 0 Å². The first-order chi connectivity index (χ1) is 1.73. The van der Waals surface area contributed by atoms with Crippen LogP contribution in [0.1, 0.15) is 0 Å². The molecular weight excluding hydrogens is 261 g/mol. The van der Waals surface area contributed by atoms with Crippen LogP contribution in [-0.2, 0) is 30.7 Å². The number of halogens is 3. The van der Waals surface area contributed by atoms with Gasteiger partial charge in [-0.15, -0.1) is 0 Å². The van der Waals surface area contributed by atoms with Crippen LogP contribution in [0.4, 0.5) is 0 Å². The van der Waals surface area contributed by atoms with Gasteiger partial charge in [-0.1, -0.05) is 0 Å². The minimum absolute atomic E-state index is 0. The molecule has 0 rings (SSSR count). The summed E-state index contributed by atoms with van der Waals surface area (Å²) >= 11 is -1.94. The maximum absolute atomic E-state index is 4.98. The summed E-state index contributed by atoms with van der Waals surface area (Å²) in [5.74, 6) is 0.